The lowest BCUT2D eigenvalue weighted by atomic mass is 9.77. The van der Waals surface area contributed by atoms with Crippen LogP contribution in [0.4, 0.5) is 0 Å². The zero-order valence-corrected chi connectivity index (χ0v) is 11.4. The summed E-state index contributed by atoms with van der Waals surface area (Å²) in [4.78, 5) is 12.2. The highest BCUT2D eigenvalue weighted by Crippen LogP contribution is 2.31. The van der Waals surface area contributed by atoms with Crippen molar-refractivity contribution in [2.45, 2.75) is 38.1 Å². The molecule has 0 atom stereocenters. The summed E-state index contributed by atoms with van der Waals surface area (Å²) < 4.78 is 0. The predicted molar refractivity (Wildman–Crippen MR) is 75.0 cm³/mol. The predicted octanol–water partition coefficient (Wildman–Crippen LogP) is 2.03. The Labute approximate surface area is 114 Å². The minimum absolute atomic E-state index is 0.103. The van der Waals surface area contributed by atoms with Crippen LogP contribution >= 0.6 is 0 Å². The average molecular weight is 262 g/mol. The molecule has 1 aliphatic rings. The van der Waals surface area contributed by atoms with Gasteiger partial charge in [0.05, 0.1) is 5.54 Å². The first-order chi connectivity index (χ1) is 9.04. The van der Waals surface area contributed by atoms with Crippen LogP contribution in [0.2, 0.25) is 0 Å². The SMILES string of the molecule is CC1CCC(CN)(NC(=O)c2cccc(O)c2)CC1. The number of phenolic OH excluding ortho intramolecular Hbond substituents is 1. The molecular formula is C15H22N2O2. The summed E-state index contributed by atoms with van der Waals surface area (Å²) in [7, 11) is 0. The number of phenols is 1. The van der Waals surface area contributed by atoms with Crippen molar-refractivity contribution in [2.75, 3.05) is 6.54 Å². The molecule has 0 spiro atoms. The van der Waals surface area contributed by atoms with Crippen molar-refractivity contribution in [3.63, 3.8) is 0 Å². The van der Waals surface area contributed by atoms with Crippen LogP contribution in [0.25, 0.3) is 0 Å². The summed E-state index contributed by atoms with van der Waals surface area (Å²) in [5, 5.41) is 12.5. The second kappa shape index (κ2) is 5.61. The molecule has 4 nitrogen and oxygen atoms in total. The Morgan fingerprint density at radius 2 is 2.16 bits per heavy atom. The fourth-order valence-corrected chi connectivity index (χ4v) is 2.66. The van der Waals surface area contributed by atoms with Gasteiger partial charge in [0.1, 0.15) is 5.75 Å². The molecule has 19 heavy (non-hydrogen) atoms. The van der Waals surface area contributed by atoms with E-state index in [-0.39, 0.29) is 17.2 Å². The Bertz CT molecular complexity index is 451. The molecule has 1 fully saturated rings. The number of carbonyl (C=O) groups is 1. The highest BCUT2D eigenvalue weighted by molar-refractivity contribution is 5.95. The van der Waals surface area contributed by atoms with Crippen LogP contribution in [0, 0.1) is 5.92 Å². The van der Waals surface area contributed by atoms with Gasteiger partial charge in [-0.25, -0.2) is 0 Å². The fraction of sp³-hybridized carbons (Fsp3) is 0.533. The number of hydrogen-bond acceptors (Lipinski definition) is 3. The molecular weight excluding hydrogens is 240 g/mol. The summed E-state index contributed by atoms with van der Waals surface area (Å²) in [5.74, 6) is 0.653. The van der Waals surface area contributed by atoms with Gasteiger partial charge in [-0.3, -0.25) is 4.79 Å². The van der Waals surface area contributed by atoms with Crippen molar-refractivity contribution in [3.8, 4) is 5.75 Å². The zero-order valence-electron chi connectivity index (χ0n) is 11.4. The van der Waals surface area contributed by atoms with Crippen molar-refractivity contribution >= 4 is 5.91 Å². The quantitative estimate of drug-likeness (QED) is 0.780. The number of benzene rings is 1. The van der Waals surface area contributed by atoms with E-state index in [2.05, 4.69) is 12.2 Å². The first kappa shape index (κ1) is 13.9. The Kier molecular flexibility index (Phi) is 4.10. The summed E-state index contributed by atoms with van der Waals surface area (Å²) in [6, 6.07) is 6.40. The van der Waals surface area contributed by atoms with Gasteiger partial charge < -0.3 is 16.2 Å². The maximum Gasteiger partial charge on any atom is 0.251 e. The summed E-state index contributed by atoms with van der Waals surface area (Å²) in [6.07, 6.45) is 4.04. The van der Waals surface area contributed by atoms with Gasteiger partial charge in [-0.05, 0) is 49.8 Å². The van der Waals surface area contributed by atoms with Crippen molar-refractivity contribution in [1.29, 1.82) is 0 Å². The Morgan fingerprint density at radius 1 is 1.47 bits per heavy atom. The fourth-order valence-electron chi connectivity index (χ4n) is 2.66. The smallest absolute Gasteiger partial charge is 0.251 e. The van der Waals surface area contributed by atoms with Gasteiger partial charge in [-0.1, -0.05) is 13.0 Å². The summed E-state index contributed by atoms with van der Waals surface area (Å²) >= 11 is 0. The molecule has 1 aliphatic carbocycles. The standard InChI is InChI=1S/C15H22N2O2/c1-11-5-7-15(10-16,8-6-11)17-14(19)12-3-2-4-13(18)9-12/h2-4,9,11,18H,5-8,10,16H2,1H3,(H,17,19). The van der Waals surface area contributed by atoms with E-state index in [0.29, 0.717) is 18.0 Å². The van der Waals surface area contributed by atoms with Gasteiger partial charge in [0.25, 0.3) is 5.91 Å². The number of rotatable bonds is 3. The van der Waals surface area contributed by atoms with Crippen molar-refractivity contribution in [1.82, 2.24) is 5.32 Å². The number of aromatic hydroxyl groups is 1. The maximum atomic E-state index is 12.2. The van der Waals surface area contributed by atoms with Crippen LogP contribution in [0.5, 0.6) is 5.75 Å². The maximum absolute atomic E-state index is 12.2. The van der Waals surface area contributed by atoms with Crippen LogP contribution in [0.15, 0.2) is 24.3 Å². The van der Waals surface area contributed by atoms with Gasteiger partial charge in [-0.15, -0.1) is 0 Å². The molecule has 0 unspecified atom stereocenters. The molecule has 1 aromatic carbocycles. The zero-order chi connectivity index (χ0) is 13.9. The number of amides is 1. The molecule has 0 radical (unpaired) electrons. The number of nitrogens with one attached hydrogen (secondary N) is 1. The molecule has 1 saturated carbocycles. The van der Waals surface area contributed by atoms with E-state index in [9.17, 15) is 9.90 Å². The van der Waals surface area contributed by atoms with Crippen LogP contribution in [-0.2, 0) is 0 Å². The number of nitrogens with two attached hydrogens (primary N) is 1. The minimum Gasteiger partial charge on any atom is -0.508 e. The van der Waals surface area contributed by atoms with E-state index in [1.807, 2.05) is 0 Å². The van der Waals surface area contributed by atoms with Crippen LogP contribution in [0.1, 0.15) is 43.0 Å². The van der Waals surface area contributed by atoms with Crippen LogP contribution in [0.3, 0.4) is 0 Å². The first-order valence-electron chi connectivity index (χ1n) is 6.86. The molecule has 4 heteroatoms. The Balaban J connectivity index is 2.08. The lowest BCUT2D eigenvalue weighted by Gasteiger charge is -2.39. The molecule has 2 rings (SSSR count). The highest BCUT2D eigenvalue weighted by atomic mass is 16.3. The molecule has 104 valence electrons. The first-order valence-corrected chi connectivity index (χ1v) is 6.86. The van der Waals surface area contributed by atoms with Gasteiger partial charge >= 0.3 is 0 Å². The summed E-state index contributed by atoms with van der Waals surface area (Å²) in [5.41, 5.74) is 6.07. The van der Waals surface area contributed by atoms with Crippen molar-refractivity contribution < 1.29 is 9.90 Å². The number of hydrogen-bond donors (Lipinski definition) is 3. The second-order valence-electron chi connectivity index (χ2n) is 5.67. The number of carbonyl (C=O) groups excluding carboxylic acids is 1. The van der Waals surface area contributed by atoms with E-state index in [0.717, 1.165) is 25.7 Å². The van der Waals surface area contributed by atoms with E-state index in [4.69, 9.17) is 5.73 Å². The van der Waals surface area contributed by atoms with Crippen molar-refractivity contribution in [2.24, 2.45) is 11.7 Å². The van der Waals surface area contributed by atoms with E-state index >= 15 is 0 Å². The molecule has 1 amide bonds. The van der Waals surface area contributed by atoms with E-state index in [1.165, 1.54) is 6.07 Å². The van der Waals surface area contributed by atoms with Crippen LogP contribution in [-0.4, -0.2) is 23.1 Å². The Hall–Kier alpha value is -1.55. The van der Waals surface area contributed by atoms with Gasteiger partial charge in [0.2, 0.25) is 0 Å². The Morgan fingerprint density at radius 3 is 2.74 bits per heavy atom. The third kappa shape index (κ3) is 3.26. The van der Waals surface area contributed by atoms with E-state index < -0.39 is 0 Å². The monoisotopic (exact) mass is 262 g/mol. The summed E-state index contributed by atoms with van der Waals surface area (Å²) in [6.45, 7) is 2.70. The average Bonchev–Trinajstić information content (AvgIpc) is 2.42. The van der Waals surface area contributed by atoms with Gasteiger partial charge in [0, 0.05) is 12.1 Å². The minimum atomic E-state index is -0.283. The topological polar surface area (TPSA) is 75.3 Å². The molecule has 0 aromatic heterocycles. The molecule has 1 aromatic rings. The molecule has 4 N–H and O–H groups in total. The van der Waals surface area contributed by atoms with Crippen molar-refractivity contribution in [3.05, 3.63) is 29.8 Å². The van der Waals surface area contributed by atoms with E-state index in [1.54, 1.807) is 18.2 Å². The molecule has 0 heterocycles. The third-order valence-corrected chi connectivity index (χ3v) is 4.11. The lowest BCUT2D eigenvalue weighted by Crippen LogP contribution is -2.55. The largest absolute Gasteiger partial charge is 0.508 e. The lowest BCUT2D eigenvalue weighted by molar-refractivity contribution is 0.0859. The van der Waals surface area contributed by atoms with Gasteiger partial charge in [0.15, 0.2) is 0 Å². The normalized spacial score (nSPS) is 26.9. The van der Waals surface area contributed by atoms with Gasteiger partial charge in [-0.2, -0.15) is 0 Å². The molecule has 0 aliphatic heterocycles. The molecule has 0 bridgehead atoms. The molecule has 0 saturated heterocycles. The highest BCUT2D eigenvalue weighted by Gasteiger charge is 2.34. The van der Waals surface area contributed by atoms with Crippen LogP contribution < -0.4 is 11.1 Å². The second-order valence-corrected chi connectivity index (χ2v) is 5.67. The third-order valence-electron chi connectivity index (χ3n) is 4.11.